The summed E-state index contributed by atoms with van der Waals surface area (Å²) >= 11 is 0. The van der Waals surface area contributed by atoms with E-state index in [1.807, 2.05) is 31.2 Å². The summed E-state index contributed by atoms with van der Waals surface area (Å²) in [4.78, 5) is 27.3. The number of fused-ring (bicyclic) bond motifs is 1. The molecule has 0 radical (unpaired) electrons. The number of nitro groups is 1. The first-order chi connectivity index (χ1) is 11.5. The lowest BCUT2D eigenvalue weighted by molar-refractivity contribution is -0.384. The number of para-hydroxylation sites is 1. The van der Waals surface area contributed by atoms with Crippen LogP contribution in [-0.4, -0.2) is 15.8 Å². The van der Waals surface area contributed by atoms with E-state index in [-0.39, 0.29) is 11.6 Å². The second kappa shape index (κ2) is 6.08. The maximum Gasteiger partial charge on any atom is 0.269 e. The van der Waals surface area contributed by atoms with Crippen molar-refractivity contribution in [3.05, 3.63) is 75.5 Å². The number of carbonyl (C=O) groups excluding carboxylic acids is 1. The highest BCUT2D eigenvalue weighted by Gasteiger charge is 2.16. The minimum atomic E-state index is -0.479. The molecule has 0 spiro atoms. The third-order valence-corrected chi connectivity index (χ3v) is 3.90. The van der Waals surface area contributed by atoms with Crippen LogP contribution < -0.4 is 5.32 Å². The van der Waals surface area contributed by atoms with Gasteiger partial charge in [0.15, 0.2) is 0 Å². The molecular weight excluding hydrogens is 306 g/mol. The summed E-state index contributed by atoms with van der Waals surface area (Å²) in [5, 5.41) is 14.4. The monoisotopic (exact) mass is 321 g/mol. The van der Waals surface area contributed by atoms with E-state index < -0.39 is 4.92 Å². The second-order valence-corrected chi connectivity index (χ2v) is 5.47. The molecule has 120 valence electrons. The molecule has 0 bridgehead atoms. The van der Waals surface area contributed by atoms with Gasteiger partial charge in [-0.3, -0.25) is 19.9 Å². The molecule has 6 heteroatoms. The quantitative estimate of drug-likeness (QED) is 0.583. The number of non-ortho nitro benzene ring substituents is 1. The standard InChI is InChI=1S/C18H15N3O3/c1-11-15-5-3-4-6-16(15)19-12(2)17(11)18(22)20-13-7-9-14(10-8-13)21(23)24/h3-10H,1-2H3,(H,20,22). The molecule has 0 fully saturated rings. The molecule has 0 aliphatic heterocycles. The van der Waals surface area contributed by atoms with E-state index in [0.717, 1.165) is 16.5 Å². The van der Waals surface area contributed by atoms with Gasteiger partial charge in [0.25, 0.3) is 11.6 Å². The number of aryl methyl sites for hydroxylation is 2. The van der Waals surface area contributed by atoms with Gasteiger partial charge in [0, 0.05) is 23.2 Å². The number of aromatic nitrogens is 1. The van der Waals surface area contributed by atoms with Crippen molar-refractivity contribution in [1.29, 1.82) is 0 Å². The Morgan fingerprint density at radius 2 is 1.75 bits per heavy atom. The third kappa shape index (κ3) is 2.81. The van der Waals surface area contributed by atoms with Crippen molar-refractivity contribution in [3.8, 4) is 0 Å². The summed E-state index contributed by atoms with van der Waals surface area (Å²) in [6.07, 6.45) is 0. The van der Waals surface area contributed by atoms with Crippen LogP contribution in [0.1, 0.15) is 21.6 Å². The van der Waals surface area contributed by atoms with Crippen LogP contribution in [0.3, 0.4) is 0 Å². The average Bonchev–Trinajstić information content (AvgIpc) is 2.55. The Hall–Kier alpha value is -3.28. The van der Waals surface area contributed by atoms with Gasteiger partial charge in [-0.25, -0.2) is 0 Å². The van der Waals surface area contributed by atoms with Gasteiger partial charge in [0.05, 0.1) is 21.7 Å². The van der Waals surface area contributed by atoms with Gasteiger partial charge in [-0.1, -0.05) is 18.2 Å². The first-order valence-corrected chi connectivity index (χ1v) is 7.39. The number of hydrogen-bond acceptors (Lipinski definition) is 4. The number of amides is 1. The molecule has 0 saturated heterocycles. The van der Waals surface area contributed by atoms with Crippen molar-refractivity contribution in [1.82, 2.24) is 4.98 Å². The molecule has 0 aliphatic rings. The highest BCUT2D eigenvalue weighted by atomic mass is 16.6. The largest absolute Gasteiger partial charge is 0.322 e. The van der Waals surface area contributed by atoms with Crippen molar-refractivity contribution in [2.24, 2.45) is 0 Å². The van der Waals surface area contributed by atoms with Crippen LogP contribution >= 0.6 is 0 Å². The fraction of sp³-hybridized carbons (Fsp3) is 0.111. The maximum atomic E-state index is 12.6. The van der Waals surface area contributed by atoms with Crippen LogP contribution in [-0.2, 0) is 0 Å². The number of nitro benzene ring substituents is 1. The molecule has 2 aromatic carbocycles. The summed E-state index contributed by atoms with van der Waals surface area (Å²) in [5.41, 5.74) is 3.35. The van der Waals surface area contributed by atoms with E-state index >= 15 is 0 Å². The number of benzene rings is 2. The van der Waals surface area contributed by atoms with Crippen molar-refractivity contribution in [3.63, 3.8) is 0 Å². The number of nitrogens with zero attached hydrogens (tertiary/aromatic N) is 2. The highest BCUT2D eigenvalue weighted by Crippen LogP contribution is 2.24. The Morgan fingerprint density at radius 3 is 2.42 bits per heavy atom. The SMILES string of the molecule is Cc1nc2ccccc2c(C)c1C(=O)Nc1ccc([N+](=O)[O-])cc1. The zero-order valence-corrected chi connectivity index (χ0v) is 13.2. The van der Waals surface area contributed by atoms with Crippen LogP contribution in [0.25, 0.3) is 10.9 Å². The first kappa shape index (κ1) is 15.6. The summed E-state index contributed by atoms with van der Waals surface area (Å²) in [6, 6.07) is 13.4. The molecular formula is C18H15N3O3. The van der Waals surface area contributed by atoms with Crippen LogP contribution in [0.5, 0.6) is 0 Å². The van der Waals surface area contributed by atoms with Crippen LogP contribution in [0.4, 0.5) is 11.4 Å². The maximum absolute atomic E-state index is 12.6. The van der Waals surface area contributed by atoms with Gasteiger partial charge < -0.3 is 5.32 Å². The topological polar surface area (TPSA) is 85.1 Å². The number of rotatable bonds is 3. The molecule has 0 aliphatic carbocycles. The molecule has 0 unspecified atom stereocenters. The van der Waals surface area contributed by atoms with Gasteiger partial charge in [-0.05, 0) is 37.6 Å². The Labute approximate surface area is 138 Å². The number of anilines is 1. The molecule has 0 saturated carbocycles. The van der Waals surface area contributed by atoms with Crippen molar-refractivity contribution in [2.75, 3.05) is 5.32 Å². The molecule has 6 nitrogen and oxygen atoms in total. The van der Waals surface area contributed by atoms with Crippen LogP contribution in [0.2, 0.25) is 0 Å². The lowest BCUT2D eigenvalue weighted by atomic mass is 10.0. The van der Waals surface area contributed by atoms with Crippen molar-refractivity contribution < 1.29 is 9.72 Å². The molecule has 0 atom stereocenters. The van der Waals surface area contributed by atoms with E-state index in [1.165, 1.54) is 24.3 Å². The molecule has 1 amide bonds. The molecule has 1 N–H and O–H groups in total. The summed E-state index contributed by atoms with van der Waals surface area (Å²) < 4.78 is 0. The predicted octanol–water partition coefficient (Wildman–Crippen LogP) is 4.01. The Balaban J connectivity index is 1.95. The number of nitrogens with one attached hydrogen (secondary N) is 1. The number of pyridine rings is 1. The van der Waals surface area contributed by atoms with Gasteiger partial charge in [0.1, 0.15) is 0 Å². The van der Waals surface area contributed by atoms with Crippen molar-refractivity contribution >= 4 is 28.2 Å². The third-order valence-electron chi connectivity index (χ3n) is 3.90. The van der Waals surface area contributed by atoms with E-state index in [1.54, 1.807) is 6.92 Å². The molecule has 1 heterocycles. The zero-order chi connectivity index (χ0) is 17.3. The molecule has 3 rings (SSSR count). The summed E-state index contributed by atoms with van der Waals surface area (Å²) in [5.74, 6) is -0.280. The number of carbonyl (C=O) groups is 1. The van der Waals surface area contributed by atoms with Crippen LogP contribution in [0.15, 0.2) is 48.5 Å². The van der Waals surface area contributed by atoms with E-state index in [9.17, 15) is 14.9 Å². The minimum absolute atomic E-state index is 0.0206. The Morgan fingerprint density at radius 1 is 1.08 bits per heavy atom. The Kier molecular flexibility index (Phi) is 3.95. The van der Waals surface area contributed by atoms with E-state index in [2.05, 4.69) is 10.3 Å². The van der Waals surface area contributed by atoms with E-state index in [0.29, 0.717) is 16.9 Å². The van der Waals surface area contributed by atoms with E-state index in [4.69, 9.17) is 0 Å². The fourth-order valence-electron chi connectivity index (χ4n) is 2.73. The molecule has 3 aromatic rings. The lowest BCUT2D eigenvalue weighted by Crippen LogP contribution is -2.16. The highest BCUT2D eigenvalue weighted by molar-refractivity contribution is 6.08. The fourth-order valence-corrected chi connectivity index (χ4v) is 2.73. The zero-order valence-electron chi connectivity index (χ0n) is 13.2. The summed E-state index contributed by atoms with van der Waals surface area (Å²) in [7, 11) is 0. The Bertz CT molecular complexity index is 950. The van der Waals surface area contributed by atoms with Crippen LogP contribution in [0, 0.1) is 24.0 Å². The van der Waals surface area contributed by atoms with Gasteiger partial charge in [-0.2, -0.15) is 0 Å². The first-order valence-electron chi connectivity index (χ1n) is 7.39. The molecule has 24 heavy (non-hydrogen) atoms. The average molecular weight is 321 g/mol. The number of hydrogen-bond donors (Lipinski definition) is 1. The van der Waals surface area contributed by atoms with Crippen molar-refractivity contribution in [2.45, 2.75) is 13.8 Å². The smallest absolute Gasteiger partial charge is 0.269 e. The normalized spacial score (nSPS) is 10.6. The molecule has 1 aromatic heterocycles. The van der Waals surface area contributed by atoms with Gasteiger partial charge in [0.2, 0.25) is 0 Å². The van der Waals surface area contributed by atoms with Gasteiger partial charge >= 0.3 is 0 Å². The van der Waals surface area contributed by atoms with Gasteiger partial charge in [-0.15, -0.1) is 0 Å². The predicted molar refractivity (Wildman–Crippen MR) is 92.3 cm³/mol. The summed E-state index contributed by atoms with van der Waals surface area (Å²) in [6.45, 7) is 3.69. The lowest BCUT2D eigenvalue weighted by Gasteiger charge is -2.12. The minimum Gasteiger partial charge on any atom is -0.322 e. The second-order valence-electron chi connectivity index (χ2n) is 5.47.